The highest BCUT2D eigenvalue weighted by Crippen LogP contribution is 2.52. The Labute approximate surface area is 346 Å². The van der Waals surface area contributed by atoms with E-state index >= 15 is 0 Å². The smallest absolute Gasteiger partial charge is 0.333 e. The zero-order valence-corrected chi connectivity index (χ0v) is 32.8. The lowest BCUT2D eigenvalue weighted by Gasteiger charge is -2.43. The second-order valence-corrected chi connectivity index (χ2v) is 16.5. The van der Waals surface area contributed by atoms with Crippen LogP contribution in [0.4, 0.5) is 28.4 Å². The molecule has 0 saturated carbocycles. The minimum atomic E-state index is -0.0949. The molecule has 9 aromatic carbocycles. The van der Waals surface area contributed by atoms with Crippen LogP contribution in [0.2, 0.25) is 0 Å². The van der Waals surface area contributed by atoms with Crippen molar-refractivity contribution in [2.24, 2.45) is 0 Å². The van der Waals surface area contributed by atoms with Crippen molar-refractivity contribution in [1.82, 2.24) is 8.97 Å². The zero-order chi connectivity index (χ0) is 39.2. The largest absolute Gasteiger partial charge is 0.376 e. The van der Waals surface area contributed by atoms with E-state index in [-0.39, 0.29) is 6.85 Å². The Balaban J connectivity index is 1.20. The Kier molecular flexibility index (Phi) is 6.27. The Hall–Kier alpha value is -7.76. The van der Waals surface area contributed by atoms with Gasteiger partial charge < -0.3 is 18.7 Å². The van der Waals surface area contributed by atoms with E-state index in [4.69, 9.17) is 0 Å². The van der Waals surface area contributed by atoms with Crippen molar-refractivity contribution in [3.63, 3.8) is 0 Å². The summed E-state index contributed by atoms with van der Waals surface area (Å²) in [6.45, 7) is 2.18. The quantitative estimate of drug-likeness (QED) is 0.166. The molecular formula is C55H35BN4. The summed E-state index contributed by atoms with van der Waals surface area (Å²) in [5.74, 6) is 0. The Bertz CT molecular complexity index is 3710. The van der Waals surface area contributed by atoms with E-state index in [1.807, 2.05) is 0 Å². The van der Waals surface area contributed by atoms with E-state index in [1.165, 1.54) is 105 Å². The summed E-state index contributed by atoms with van der Waals surface area (Å²) in [5, 5.41) is 7.72. The molecule has 0 aliphatic carbocycles. The summed E-state index contributed by atoms with van der Waals surface area (Å²) < 4.78 is 5.09. The molecule has 2 aliphatic rings. The standard InChI is InChI=1S/C55H35BN4/c1-34-16-8-11-27-46(34)60-55-42(30-31-49-51(55)43-25-14-23-40-38-21-9-12-28-47(38)58(49)53(40)43)44-32-37(57(35-17-4-2-5-18-35)36-19-6-3-7-20-36)33-50-52(44)56(60)45-26-15-24-41-39-22-10-13-29-48(39)59(50)54(41)45/h2-33H,1H3. The van der Waals surface area contributed by atoms with Gasteiger partial charge >= 0.3 is 6.85 Å². The van der Waals surface area contributed by atoms with Crippen molar-refractivity contribution in [2.45, 2.75) is 6.92 Å². The fourth-order valence-corrected chi connectivity index (χ4v) is 11.2. The van der Waals surface area contributed by atoms with Gasteiger partial charge in [-0.05, 0) is 89.6 Å². The first-order valence-electron chi connectivity index (χ1n) is 20.9. The Morgan fingerprint density at radius 1 is 0.433 bits per heavy atom. The molecule has 278 valence electrons. The minimum Gasteiger partial charge on any atom is -0.376 e. The van der Waals surface area contributed by atoms with Gasteiger partial charge in [-0.15, -0.1) is 0 Å². The molecule has 3 aromatic heterocycles. The van der Waals surface area contributed by atoms with E-state index in [0.717, 1.165) is 17.1 Å². The van der Waals surface area contributed by atoms with Crippen LogP contribution < -0.4 is 20.6 Å². The van der Waals surface area contributed by atoms with Crippen LogP contribution in [0.1, 0.15) is 5.56 Å². The van der Waals surface area contributed by atoms with Crippen LogP contribution in [0.3, 0.4) is 0 Å². The molecule has 0 saturated heterocycles. The van der Waals surface area contributed by atoms with Crippen molar-refractivity contribution >= 4 is 106 Å². The summed E-state index contributed by atoms with van der Waals surface area (Å²) in [4.78, 5) is 5.14. The monoisotopic (exact) mass is 762 g/mol. The number of anilines is 5. The molecular weight excluding hydrogens is 727 g/mol. The molecule has 0 amide bonds. The number of para-hydroxylation sites is 7. The molecule has 0 fully saturated rings. The molecule has 4 nitrogen and oxygen atoms in total. The highest BCUT2D eigenvalue weighted by molar-refractivity contribution is 6.94. The van der Waals surface area contributed by atoms with E-state index in [9.17, 15) is 0 Å². The highest BCUT2D eigenvalue weighted by atomic mass is 15.2. The molecule has 0 atom stereocenters. The summed E-state index contributed by atoms with van der Waals surface area (Å²) in [6, 6.07) is 72.1. The predicted octanol–water partition coefficient (Wildman–Crippen LogP) is 12.9. The number of aromatic nitrogens is 2. The number of hydrogen-bond acceptors (Lipinski definition) is 2. The normalized spacial score (nSPS) is 13.0. The van der Waals surface area contributed by atoms with Crippen molar-refractivity contribution in [1.29, 1.82) is 0 Å². The van der Waals surface area contributed by atoms with Crippen LogP contribution in [-0.2, 0) is 0 Å². The summed E-state index contributed by atoms with van der Waals surface area (Å²) >= 11 is 0. The lowest BCUT2D eigenvalue weighted by molar-refractivity contribution is 1.17. The molecule has 2 aliphatic heterocycles. The Morgan fingerprint density at radius 3 is 1.82 bits per heavy atom. The van der Waals surface area contributed by atoms with E-state index < -0.39 is 0 Å². The van der Waals surface area contributed by atoms with Crippen LogP contribution in [-0.4, -0.2) is 15.8 Å². The fraction of sp³-hybridized carbons (Fsp3) is 0.0182. The topological polar surface area (TPSA) is 15.8 Å². The van der Waals surface area contributed by atoms with Gasteiger partial charge in [0.15, 0.2) is 0 Å². The lowest BCUT2D eigenvalue weighted by atomic mass is 9.43. The highest BCUT2D eigenvalue weighted by Gasteiger charge is 2.45. The molecule has 60 heavy (non-hydrogen) atoms. The zero-order valence-electron chi connectivity index (χ0n) is 32.8. The maximum Gasteiger partial charge on any atom is 0.333 e. The van der Waals surface area contributed by atoms with Gasteiger partial charge in [0, 0.05) is 72.0 Å². The van der Waals surface area contributed by atoms with Crippen LogP contribution in [0, 0.1) is 6.92 Å². The third-order valence-corrected chi connectivity index (χ3v) is 13.5. The van der Waals surface area contributed by atoms with Crippen LogP contribution in [0.15, 0.2) is 194 Å². The second-order valence-electron chi connectivity index (χ2n) is 16.5. The van der Waals surface area contributed by atoms with Gasteiger partial charge in [0.05, 0.1) is 27.6 Å². The number of hydrogen-bond donors (Lipinski definition) is 0. The van der Waals surface area contributed by atoms with E-state index in [1.54, 1.807) is 0 Å². The van der Waals surface area contributed by atoms with Gasteiger partial charge in [0.2, 0.25) is 0 Å². The van der Waals surface area contributed by atoms with Gasteiger partial charge in [-0.1, -0.05) is 133 Å². The molecule has 14 rings (SSSR count). The van der Waals surface area contributed by atoms with E-state index in [0.29, 0.717) is 0 Å². The molecule has 5 heteroatoms. The maximum atomic E-state index is 2.71. The van der Waals surface area contributed by atoms with Gasteiger partial charge in [0.1, 0.15) is 0 Å². The van der Waals surface area contributed by atoms with Crippen molar-refractivity contribution in [3.8, 4) is 16.8 Å². The van der Waals surface area contributed by atoms with Gasteiger partial charge in [-0.3, -0.25) is 0 Å². The molecule has 0 bridgehead atoms. The number of aryl methyl sites for hydroxylation is 1. The first-order valence-corrected chi connectivity index (χ1v) is 20.9. The van der Waals surface area contributed by atoms with Crippen LogP contribution >= 0.6 is 0 Å². The number of nitrogens with zero attached hydrogens (tertiary/aromatic N) is 4. The third kappa shape index (κ3) is 4.01. The average molecular weight is 763 g/mol. The van der Waals surface area contributed by atoms with Gasteiger partial charge in [-0.2, -0.15) is 0 Å². The molecule has 0 spiro atoms. The maximum absolute atomic E-state index is 2.71. The minimum absolute atomic E-state index is 0.0949. The Morgan fingerprint density at radius 2 is 1.05 bits per heavy atom. The molecule has 5 heterocycles. The SMILES string of the molecule is Cc1ccccc1N1B2c3c(cc(N(c4ccccc4)c4ccccc4)cc3-n3c4ccccc4c4cccc2c43)-c2ccc3c(c21)c1cccc2c4ccccc4n3c21. The van der Waals surface area contributed by atoms with Crippen LogP contribution in [0.25, 0.3) is 76.7 Å². The predicted molar refractivity (Wildman–Crippen MR) is 254 cm³/mol. The fourth-order valence-electron chi connectivity index (χ4n) is 11.2. The van der Waals surface area contributed by atoms with Crippen molar-refractivity contribution in [2.75, 3.05) is 9.71 Å². The summed E-state index contributed by atoms with van der Waals surface area (Å²) in [6.07, 6.45) is 0. The van der Waals surface area contributed by atoms with Crippen molar-refractivity contribution < 1.29 is 0 Å². The van der Waals surface area contributed by atoms with Gasteiger partial charge in [-0.25, -0.2) is 0 Å². The summed E-state index contributed by atoms with van der Waals surface area (Å²) in [7, 11) is 0. The van der Waals surface area contributed by atoms with Gasteiger partial charge in [0.25, 0.3) is 0 Å². The third-order valence-electron chi connectivity index (χ3n) is 13.5. The number of benzene rings is 9. The molecule has 12 aromatic rings. The first-order chi connectivity index (χ1) is 29.7. The molecule has 0 radical (unpaired) electrons. The number of rotatable bonds is 4. The van der Waals surface area contributed by atoms with Crippen molar-refractivity contribution in [3.05, 3.63) is 200 Å². The average Bonchev–Trinajstić information content (AvgIpc) is 3.95. The summed E-state index contributed by atoms with van der Waals surface area (Å²) in [5.41, 5.74) is 19.8. The second kappa shape index (κ2) is 11.7. The van der Waals surface area contributed by atoms with E-state index in [2.05, 4.69) is 220 Å². The van der Waals surface area contributed by atoms with Crippen LogP contribution in [0.5, 0.6) is 0 Å². The molecule has 0 N–H and O–H groups in total. The lowest BCUT2D eigenvalue weighted by Crippen LogP contribution is -2.60. The number of fused-ring (bicyclic) bond motifs is 14. The molecule has 0 unspecified atom stereocenters. The first kappa shape index (κ1) is 32.2.